The van der Waals surface area contributed by atoms with Crippen molar-refractivity contribution in [2.75, 3.05) is 10.6 Å². The van der Waals surface area contributed by atoms with Gasteiger partial charge in [-0.05, 0) is 36.4 Å². The number of nitrogens with zero attached hydrogens (tertiary/aromatic N) is 2. The van der Waals surface area contributed by atoms with Crippen LogP contribution in [0.15, 0.2) is 54.7 Å². The summed E-state index contributed by atoms with van der Waals surface area (Å²) in [5.41, 5.74) is 1.35. The van der Waals surface area contributed by atoms with E-state index in [9.17, 15) is 4.79 Å². The van der Waals surface area contributed by atoms with E-state index in [2.05, 4.69) is 20.6 Å². The average Bonchev–Trinajstić information content (AvgIpc) is 2.60. The summed E-state index contributed by atoms with van der Waals surface area (Å²) >= 11 is 17.9. The normalized spacial score (nSPS) is 10.4. The van der Waals surface area contributed by atoms with Gasteiger partial charge in [0.05, 0.1) is 20.8 Å². The summed E-state index contributed by atoms with van der Waals surface area (Å²) in [6.07, 6.45) is 1.48. The molecule has 8 heteroatoms. The van der Waals surface area contributed by atoms with Gasteiger partial charge in [0.1, 0.15) is 5.69 Å². The minimum absolute atomic E-state index is 0.192. The van der Waals surface area contributed by atoms with Crippen molar-refractivity contribution in [1.29, 1.82) is 0 Å². The molecule has 1 amide bonds. The lowest BCUT2D eigenvalue weighted by molar-refractivity contribution is 0.102. The molecule has 5 nitrogen and oxygen atoms in total. The number of rotatable bonds is 4. The van der Waals surface area contributed by atoms with E-state index in [4.69, 9.17) is 34.8 Å². The summed E-state index contributed by atoms with van der Waals surface area (Å²) in [6, 6.07) is 13.5. The molecule has 1 heterocycles. The maximum atomic E-state index is 12.3. The lowest BCUT2D eigenvalue weighted by Gasteiger charge is -2.09. The highest BCUT2D eigenvalue weighted by atomic mass is 35.5. The van der Waals surface area contributed by atoms with Crippen LogP contribution < -0.4 is 10.6 Å². The van der Waals surface area contributed by atoms with E-state index in [-0.39, 0.29) is 11.6 Å². The highest BCUT2D eigenvalue weighted by molar-refractivity contribution is 6.42. The second kappa shape index (κ2) is 7.70. The first-order valence-corrected chi connectivity index (χ1v) is 8.27. The fourth-order valence-corrected chi connectivity index (χ4v) is 2.48. The molecule has 0 fully saturated rings. The van der Waals surface area contributed by atoms with Gasteiger partial charge in [0, 0.05) is 11.9 Å². The van der Waals surface area contributed by atoms with Gasteiger partial charge in [-0.25, -0.2) is 9.97 Å². The van der Waals surface area contributed by atoms with Gasteiger partial charge in [0.2, 0.25) is 5.95 Å². The Balaban J connectivity index is 1.77. The molecule has 0 saturated carbocycles. The number of carbonyl (C=O) groups excluding carboxylic acids is 1. The third kappa shape index (κ3) is 4.39. The molecule has 0 bridgehead atoms. The number of para-hydroxylation sites is 1. The summed E-state index contributed by atoms with van der Waals surface area (Å²) < 4.78 is 0. The van der Waals surface area contributed by atoms with Gasteiger partial charge in [-0.2, -0.15) is 0 Å². The number of aromatic nitrogens is 2. The van der Waals surface area contributed by atoms with Gasteiger partial charge in [0.25, 0.3) is 5.91 Å². The number of benzene rings is 2. The molecule has 3 rings (SSSR count). The van der Waals surface area contributed by atoms with Crippen LogP contribution >= 0.6 is 34.8 Å². The van der Waals surface area contributed by atoms with Crippen LogP contribution in [-0.4, -0.2) is 15.9 Å². The molecule has 25 heavy (non-hydrogen) atoms. The maximum Gasteiger partial charge on any atom is 0.274 e. The molecule has 0 aliphatic rings. The van der Waals surface area contributed by atoms with E-state index in [0.29, 0.717) is 26.4 Å². The average molecular weight is 394 g/mol. The van der Waals surface area contributed by atoms with E-state index >= 15 is 0 Å². The van der Waals surface area contributed by atoms with E-state index in [0.717, 1.165) is 0 Å². The van der Waals surface area contributed by atoms with Crippen molar-refractivity contribution in [2.24, 2.45) is 0 Å². The van der Waals surface area contributed by atoms with Crippen LogP contribution in [0.1, 0.15) is 10.5 Å². The van der Waals surface area contributed by atoms with Crippen molar-refractivity contribution in [2.45, 2.75) is 0 Å². The third-order valence-corrected chi connectivity index (χ3v) is 4.25. The Morgan fingerprint density at radius 2 is 1.72 bits per heavy atom. The van der Waals surface area contributed by atoms with Gasteiger partial charge in [0.15, 0.2) is 0 Å². The molecule has 0 radical (unpaired) electrons. The van der Waals surface area contributed by atoms with Gasteiger partial charge in [-0.1, -0.05) is 46.9 Å². The smallest absolute Gasteiger partial charge is 0.274 e. The Morgan fingerprint density at radius 1 is 0.920 bits per heavy atom. The van der Waals surface area contributed by atoms with Crippen molar-refractivity contribution in [3.63, 3.8) is 0 Å². The topological polar surface area (TPSA) is 66.9 Å². The van der Waals surface area contributed by atoms with Crippen LogP contribution in [0.4, 0.5) is 17.3 Å². The van der Waals surface area contributed by atoms with Crippen molar-refractivity contribution < 1.29 is 4.79 Å². The Labute approximate surface area is 159 Å². The Hall–Kier alpha value is -2.34. The number of nitrogens with one attached hydrogen (secondary N) is 2. The molecule has 0 aliphatic carbocycles. The largest absolute Gasteiger partial charge is 0.324 e. The second-order valence-corrected chi connectivity index (χ2v) is 6.17. The SMILES string of the molecule is O=C(Nc1ccccc1Cl)c1ccnc(Nc2ccc(Cl)c(Cl)c2)n1. The number of amides is 1. The third-order valence-electron chi connectivity index (χ3n) is 3.19. The molecule has 0 atom stereocenters. The molecular formula is C17H11Cl3N4O. The highest BCUT2D eigenvalue weighted by Crippen LogP contribution is 2.26. The molecule has 0 unspecified atom stereocenters. The molecule has 2 N–H and O–H groups in total. The van der Waals surface area contributed by atoms with Crippen molar-refractivity contribution in [1.82, 2.24) is 9.97 Å². The Kier molecular flexibility index (Phi) is 5.38. The number of anilines is 3. The lowest BCUT2D eigenvalue weighted by atomic mass is 10.3. The molecule has 1 aromatic heterocycles. The summed E-state index contributed by atoms with van der Waals surface area (Å²) in [6.45, 7) is 0. The number of hydrogen-bond donors (Lipinski definition) is 2. The Morgan fingerprint density at radius 3 is 2.48 bits per heavy atom. The van der Waals surface area contributed by atoms with Gasteiger partial charge >= 0.3 is 0 Å². The van der Waals surface area contributed by atoms with Crippen LogP contribution in [0.25, 0.3) is 0 Å². The monoisotopic (exact) mass is 392 g/mol. The van der Waals surface area contributed by atoms with Crippen LogP contribution in [-0.2, 0) is 0 Å². The zero-order valence-electron chi connectivity index (χ0n) is 12.6. The van der Waals surface area contributed by atoms with E-state index < -0.39 is 5.91 Å². The van der Waals surface area contributed by atoms with Crippen molar-refractivity contribution in [3.8, 4) is 0 Å². The maximum absolute atomic E-state index is 12.3. The van der Waals surface area contributed by atoms with Crippen LogP contribution in [0.2, 0.25) is 15.1 Å². The van der Waals surface area contributed by atoms with Crippen LogP contribution in [0.5, 0.6) is 0 Å². The zero-order valence-corrected chi connectivity index (χ0v) is 14.9. The Bertz CT molecular complexity index is 933. The van der Waals surface area contributed by atoms with Crippen molar-refractivity contribution >= 4 is 58.0 Å². The first-order valence-electron chi connectivity index (χ1n) is 7.14. The molecule has 126 valence electrons. The molecule has 0 saturated heterocycles. The second-order valence-electron chi connectivity index (χ2n) is 4.95. The van der Waals surface area contributed by atoms with Gasteiger partial charge < -0.3 is 10.6 Å². The highest BCUT2D eigenvalue weighted by Gasteiger charge is 2.11. The van der Waals surface area contributed by atoms with Gasteiger partial charge in [-0.15, -0.1) is 0 Å². The minimum Gasteiger partial charge on any atom is -0.324 e. The fourth-order valence-electron chi connectivity index (χ4n) is 2.00. The van der Waals surface area contributed by atoms with Crippen molar-refractivity contribution in [3.05, 3.63) is 75.5 Å². The predicted molar refractivity (Wildman–Crippen MR) is 101 cm³/mol. The molecular weight excluding hydrogens is 383 g/mol. The summed E-state index contributed by atoms with van der Waals surface area (Å²) in [4.78, 5) is 20.6. The number of carbonyl (C=O) groups is 1. The van der Waals surface area contributed by atoms with E-state index in [1.807, 2.05) is 0 Å². The first kappa shape index (κ1) is 17.5. The standard InChI is InChI=1S/C17H11Cl3N4O/c18-11-6-5-10(9-13(11)20)22-17-21-8-7-15(24-17)16(25)23-14-4-2-1-3-12(14)19/h1-9H,(H,23,25)(H,21,22,24). The predicted octanol–water partition coefficient (Wildman–Crippen LogP) is 5.43. The van der Waals surface area contributed by atoms with Crippen LogP contribution in [0.3, 0.4) is 0 Å². The quantitative estimate of drug-likeness (QED) is 0.620. The summed E-state index contributed by atoms with van der Waals surface area (Å²) in [5, 5.41) is 6.97. The van der Waals surface area contributed by atoms with E-state index in [1.165, 1.54) is 12.3 Å². The first-order chi connectivity index (χ1) is 12.0. The summed E-state index contributed by atoms with van der Waals surface area (Å²) in [7, 11) is 0. The minimum atomic E-state index is -0.396. The number of halogens is 3. The van der Waals surface area contributed by atoms with E-state index in [1.54, 1.807) is 42.5 Å². The molecule has 0 aliphatic heterocycles. The zero-order chi connectivity index (χ0) is 17.8. The van der Waals surface area contributed by atoms with Gasteiger partial charge in [-0.3, -0.25) is 4.79 Å². The molecule has 0 spiro atoms. The summed E-state index contributed by atoms with van der Waals surface area (Å²) in [5.74, 6) is -0.141. The number of hydrogen-bond acceptors (Lipinski definition) is 4. The molecule has 2 aromatic carbocycles. The molecule has 3 aromatic rings. The van der Waals surface area contributed by atoms with Crippen LogP contribution in [0, 0.1) is 0 Å². The fraction of sp³-hybridized carbons (Fsp3) is 0. The lowest BCUT2D eigenvalue weighted by Crippen LogP contribution is -2.15.